The van der Waals surface area contributed by atoms with E-state index >= 15 is 0 Å². The third kappa shape index (κ3) is 2.83. The van der Waals surface area contributed by atoms with Crippen molar-refractivity contribution in [3.8, 4) is 0 Å². The molecule has 0 saturated heterocycles. The van der Waals surface area contributed by atoms with Gasteiger partial charge in [0.1, 0.15) is 0 Å². The monoisotopic (exact) mass is 238 g/mol. The van der Waals surface area contributed by atoms with Crippen LogP contribution in [0.15, 0.2) is 5.38 Å². The first kappa shape index (κ1) is 12.1. The maximum absolute atomic E-state index is 4.48. The third-order valence-electron chi connectivity index (χ3n) is 3.89. The van der Waals surface area contributed by atoms with E-state index in [4.69, 9.17) is 0 Å². The second-order valence-electron chi connectivity index (χ2n) is 5.02. The Morgan fingerprint density at radius 1 is 1.44 bits per heavy atom. The molecule has 0 bridgehead atoms. The number of aromatic nitrogens is 1. The first-order valence-electron chi connectivity index (χ1n) is 6.36. The fourth-order valence-electron chi connectivity index (χ4n) is 2.73. The summed E-state index contributed by atoms with van der Waals surface area (Å²) in [6, 6.07) is 0. The summed E-state index contributed by atoms with van der Waals surface area (Å²) >= 11 is 1.74. The molecule has 1 fully saturated rings. The predicted octanol–water partition coefficient (Wildman–Crippen LogP) is 3.51. The molecule has 1 saturated carbocycles. The Bertz CT molecular complexity index is 326. The molecule has 2 nitrogen and oxygen atoms in total. The van der Waals surface area contributed by atoms with Gasteiger partial charge in [-0.2, -0.15) is 0 Å². The van der Waals surface area contributed by atoms with Gasteiger partial charge in [0.25, 0.3) is 0 Å². The number of nitrogens with one attached hydrogen (secondary N) is 1. The first-order valence-corrected chi connectivity index (χ1v) is 7.24. The largest absolute Gasteiger partial charge is 0.311 e. The number of aryl methyl sites for hydroxylation is 1. The van der Waals surface area contributed by atoms with Crippen molar-refractivity contribution in [3.63, 3.8) is 0 Å². The van der Waals surface area contributed by atoms with E-state index in [1.807, 2.05) is 0 Å². The molecule has 0 atom stereocenters. The molecule has 0 radical (unpaired) electrons. The van der Waals surface area contributed by atoms with Gasteiger partial charge in [0.2, 0.25) is 0 Å². The minimum Gasteiger partial charge on any atom is -0.311 e. The summed E-state index contributed by atoms with van der Waals surface area (Å²) < 4.78 is 0. The molecular weight excluding hydrogens is 216 g/mol. The fourth-order valence-corrected chi connectivity index (χ4v) is 3.34. The highest BCUT2D eigenvalue weighted by Crippen LogP contribution is 2.40. The number of nitrogens with zero attached hydrogens (tertiary/aromatic N) is 1. The van der Waals surface area contributed by atoms with Crippen molar-refractivity contribution >= 4 is 11.3 Å². The zero-order valence-electron chi connectivity index (χ0n) is 10.4. The molecule has 1 N–H and O–H groups in total. The van der Waals surface area contributed by atoms with Gasteiger partial charge in [-0.15, -0.1) is 11.3 Å². The SMILES string of the molecule is CCC1(CNCc2csc(C)n2)CCCC1. The van der Waals surface area contributed by atoms with Crippen molar-refractivity contribution in [2.45, 2.75) is 52.5 Å². The summed E-state index contributed by atoms with van der Waals surface area (Å²) in [6.45, 7) is 6.50. The molecule has 90 valence electrons. The molecule has 16 heavy (non-hydrogen) atoms. The second kappa shape index (κ2) is 5.28. The molecule has 3 heteroatoms. The lowest BCUT2D eigenvalue weighted by molar-refractivity contribution is 0.268. The molecule has 0 aliphatic heterocycles. The Morgan fingerprint density at radius 2 is 2.19 bits per heavy atom. The standard InChI is InChI=1S/C13H22N2S/c1-3-13(6-4-5-7-13)10-14-8-12-9-16-11(2)15-12/h9,14H,3-8,10H2,1-2H3. The summed E-state index contributed by atoms with van der Waals surface area (Å²) in [4.78, 5) is 4.48. The van der Waals surface area contributed by atoms with Gasteiger partial charge in [0, 0.05) is 18.5 Å². The van der Waals surface area contributed by atoms with Crippen LogP contribution in [0.5, 0.6) is 0 Å². The number of thiazole rings is 1. The molecule has 0 unspecified atom stereocenters. The molecule has 1 aliphatic rings. The zero-order valence-corrected chi connectivity index (χ0v) is 11.2. The van der Waals surface area contributed by atoms with Crippen molar-refractivity contribution in [3.05, 3.63) is 16.1 Å². The smallest absolute Gasteiger partial charge is 0.0897 e. The average Bonchev–Trinajstić information content (AvgIpc) is 2.89. The van der Waals surface area contributed by atoms with Gasteiger partial charge in [0.15, 0.2) is 0 Å². The van der Waals surface area contributed by atoms with Gasteiger partial charge in [-0.25, -0.2) is 4.98 Å². The summed E-state index contributed by atoms with van der Waals surface area (Å²) in [5.41, 5.74) is 1.79. The van der Waals surface area contributed by atoms with Crippen LogP contribution in [0.25, 0.3) is 0 Å². The fraction of sp³-hybridized carbons (Fsp3) is 0.769. The van der Waals surface area contributed by atoms with Crippen LogP contribution < -0.4 is 5.32 Å². The molecule has 0 aromatic carbocycles. The Kier molecular flexibility index (Phi) is 3.98. The van der Waals surface area contributed by atoms with Gasteiger partial charge in [0.05, 0.1) is 10.7 Å². The highest BCUT2D eigenvalue weighted by molar-refractivity contribution is 7.09. The van der Waals surface area contributed by atoms with Crippen LogP contribution in [0.3, 0.4) is 0 Å². The number of hydrogen-bond acceptors (Lipinski definition) is 3. The minimum absolute atomic E-state index is 0.588. The van der Waals surface area contributed by atoms with Crippen molar-refractivity contribution in [1.82, 2.24) is 10.3 Å². The van der Waals surface area contributed by atoms with Crippen LogP contribution in [-0.2, 0) is 6.54 Å². The lowest BCUT2D eigenvalue weighted by atomic mass is 9.83. The highest BCUT2D eigenvalue weighted by Gasteiger charge is 2.31. The van der Waals surface area contributed by atoms with E-state index in [1.54, 1.807) is 11.3 Å². The van der Waals surface area contributed by atoms with Gasteiger partial charge in [-0.3, -0.25) is 0 Å². The maximum atomic E-state index is 4.48. The average molecular weight is 238 g/mol. The van der Waals surface area contributed by atoms with E-state index in [1.165, 1.54) is 49.4 Å². The van der Waals surface area contributed by atoms with E-state index in [-0.39, 0.29) is 0 Å². The van der Waals surface area contributed by atoms with E-state index in [2.05, 4.69) is 29.5 Å². The molecule has 2 rings (SSSR count). The van der Waals surface area contributed by atoms with Crippen LogP contribution in [0, 0.1) is 12.3 Å². The van der Waals surface area contributed by atoms with Crippen LogP contribution in [0.2, 0.25) is 0 Å². The van der Waals surface area contributed by atoms with Gasteiger partial charge in [-0.05, 0) is 31.6 Å². The summed E-state index contributed by atoms with van der Waals surface area (Å²) in [5, 5.41) is 6.92. The molecule has 1 heterocycles. The quantitative estimate of drug-likeness (QED) is 0.849. The summed E-state index contributed by atoms with van der Waals surface area (Å²) in [7, 11) is 0. The van der Waals surface area contributed by atoms with E-state index in [0.29, 0.717) is 5.41 Å². The molecule has 1 aliphatic carbocycles. The minimum atomic E-state index is 0.588. The van der Waals surface area contributed by atoms with Gasteiger partial charge < -0.3 is 5.32 Å². The number of rotatable bonds is 5. The van der Waals surface area contributed by atoms with E-state index in [0.717, 1.165) is 6.54 Å². The van der Waals surface area contributed by atoms with Crippen molar-refractivity contribution < 1.29 is 0 Å². The molecule has 0 amide bonds. The molecule has 1 aromatic heterocycles. The van der Waals surface area contributed by atoms with Crippen LogP contribution in [-0.4, -0.2) is 11.5 Å². The normalized spacial score (nSPS) is 19.1. The third-order valence-corrected chi connectivity index (χ3v) is 4.71. The first-order chi connectivity index (χ1) is 7.74. The Labute approximate surface area is 102 Å². The highest BCUT2D eigenvalue weighted by atomic mass is 32.1. The van der Waals surface area contributed by atoms with Crippen molar-refractivity contribution in [1.29, 1.82) is 0 Å². The van der Waals surface area contributed by atoms with E-state index in [9.17, 15) is 0 Å². The molecule has 1 aromatic rings. The van der Waals surface area contributed by atoms with Crippen LogP contribution in [0.4, 0.5) is 0 Å². The van der Waals surface area contributed by atoms with Crippen molar-refractivity contribution in [2.75, 3.05) is 6.54 Å². The Balaban J connectivity index is 1.78. The van der Waals surface area contributed by atoms with Crippen LogP contribution in [0.1, 0.15) is 49.7 Å². The van der Waals surface area contributed by atoms with Crippen molar-refractivity contribution in [2.24, 2.45) is 5.41 Å². The van der Waals surface area contributed by atoms with Crippen LogP contribution >= 0.6 is 11.3 Å². The summed E-state index contributed by atoms with van der Waals surface area (Å²) in [6.07, 6.45) is 6.98. The summed E-state index contributed by atoms with van der Waals surface area (Å²) in [5.74, 6) is 0. The van der Waals surface area contributed by atoms with E-state index < -0.39 is 0 Å². The molecule has 0 spiro atoms. The zero-order chi connectivity index (χ0) is 11.4. The number of hydrogen-bond donors (Lipinski definition) is 1. The Morgan fingerprint density at radius 3 is 2.75 bits per heavy atom. The van der Waals surface area contributed by atoms with Gasteiger partial charge in [-0.1, -0.05) is 19.8 Å². The predicted molar refractivity (Wildman–Crippen MR) is 69.7 cm³/mol. The lowest BCUT2D eigenvalue weighted by Crippen LogP contribution is -2.31. The lowest BCUT2D eigenvalue weighted by Gasteiger charge is -2.27. The molecular formula is C13H22N2S. The maximum Gasteiger partial charge on any atom is 0.0897 e. The van der Waals surface area contributed by atoms with Gasteiger partial charge >= 0.3 is 0 Å². The topological polar surface area (TPSA) is 24.9 Å². The Hall–Kier alpha value is -0.410. The second-order valence-corrected chi connectivity index (χ2v) is 6.08.